The van der Waals surface area contributed by atoms with E-state index in [1.165, 1.54) is 38.3 Å². The maximum atomic E-state index is 12.6. The molecule has 1 atom stereocenters. The van der Waals surface area contributed by atoms with Crippen LogP contribution in [0.2, 0.25) is 0 Å². The van der Waals surface area contributed by atoms with Crippen LogP contribution in [-0.2, 0) is 9.63 Å². The molecule has 4 aromatic rings. The van der Waals surface area contributed by atoms with E-state index in [2.05, 4.69) is 47.9 Å². The van der Waals surface area contributed by atoms with Crippen LogP contribution in [0.15, 0.2) is 85.7 Å². The molecule has 3 aliphatic heterocycles. The number of piperazine rings is 1. The fourth-order valence-electron chi connectivity index (χ4n) is 7.68. The van der Waals surface area contributed by atoms with E-state index < -0.39 is 0 Å². The fourth-order valence-corrected chi connectivity index (χ4v) is 7.68. The second kappa shape index (κ2) is 15.8. The highest BCUT2D eigenvalue weighted by Crippen LogP contribution is 2.39. The standard InChI is InChI=1S/C40H47N9O4/c1-3-38(50)44-33-25-34(40(51-2)45-39(33)48-17-14-30(15-18-48)47-21-19-46(20-22-47)29-12-13-29)43-36-26-37(42-27-41-36)49-35(16-23-52-49)28-8-7-11-32(24-28)53-31-9-5-4-6-10-31/h3-11,24-27,29-30,35H,1,12-23H2,2H3,(H,44,50)(H,41,42,43). The maximum absolute atomic E-state index is 12.6. The lowest BCUT2D eigenvalue weighted by Crippen LogP contribution is -2.53. The van der Waals surface area contributed by atoms with Crippen molar-refractivity contribution in [3.63, 3.8) is 0 Å². The third-order valence-electron chi connectivity index (χ3n) is 10.6. The van der Waals surface area contributed by atoms with Gasteiger partial charge in [0.1, 0.15) is 29.3 Å². The van der Waals surface area contributed by atoms with Gasteiger partial charge in [0.25, 0.3) is 0 Å². The number of nitrogens with zero attached hydrogens (tertiary/aromatic N) is 7. The molecule has 0 spiro atoms. The number of anilines is 5. The van der Waals surface area contributed by atoms with Gasteiger partial charge in [0.2, 0.25) is 11.8 Å². The van der Waals surface area contributed by atoms with Gasteiger partial charge in [-0.25, -0.2) is 15.0 Å². The van der Waals surface area contributed by atoms with Gasteiger partial charge < -0.3 is 25.0 Å². The van der Waals surface area contributed by atoms with Crippen molar-refractivity contribution < 1.29 is 19.1 Å². The van der Waals surface area contributed by atoms with Crippen LogP contribution in [0.4, 0.5) is 28.8 Å². The van der Waals surface area contributed by atoms with E-state index in [4.69, 9.17) is 19.3 Å². The molecule has 4 fully saturated rings. The molecule has 1 aliphatic carbocycles. The van der Waals surface area contributed by atoms with Gasteiger partial charge in [-0.15, -0.1) is 0 Å². The third-order valence-corrected chi connectivity index (χ3v) is 10.6. The predicted molar refractivity (Wildman–Crippen MR) is 205 cm³/mol. The Kier molecular flexibility index (Phi) is 10.4. The zero-order chi connectivity index (χ0) is 36.1. The van der Waals surface area contributed by atoms with Gasteiger partial charge >= 0.3 is 0 Å². The molecule has 1 saturated carbocycles. The number of benzene rings is 2. The number of hydrogen-bond donors (Lipinski definition) is 2. The molecule has 2 aromatic carbocycles. The first-order valence-corrected chi connectivity index (χ1v) is 18.6. The minimum atomic E-state index is -0.313. The van der Waals surface area contributed by atoms with Crippen LogP contribution in [-0.4, -0.2) is 95.7 Å². The number of methoxy groups -OCH3 is 1. The smallest absolute Gasteiger partial charge is 0.247 e. The van der Waals surface area contributed by atoms with Crippen molar-refractivity contribution in [1.82, 2.24) is 24.8 Å². The normalized spacial score (nSPS) is 19.9. The van der Waals surface area contributed by atoms with Crippen molar-refractivity contribution in [3.05, 3.63) is 91.3 Å². The molecule has 13 heteroatoms. The lowest BCUT2D eigenvalue weighted by molar-refractivity contribution is -0.111. The van der Waals surface area contributed by atoms with Crippen LogP contribution in [0.3, 0.4) is 0 Å². The van der Waals surface area contributed by atoms with E-state index in [0.29, 0.717) is 47.4 Å². The molecular formula is C40H47N9O4. The zero-order valence-corrected chi connectivity index (χ0v) is 30.2. The number of piperidine rings is 1. The second-order valence-corrected chi connectivity index (χ2v) is 14.0. The number of pyridine rings is 1. The SMILES string of the molecule is C=CC(=O)Nc1cc(Nc2cc(N3OCCC3c3cccc(Oc4ccccc4)c3)ncn2)c(OC)nc1N1CCC(N2CCN(C3CC3)CC2)CC1. The van der Waals surface area contributed by atoms with E-state index in [9.17, 15) is 4.79 Å². The van der Waals surface area contributed by atoms with E-state index in [0.717, 1.165) is 68.5 Å². The van der Waals surface area contributed by atoms with Crippen LogP contribution < -0.4 is 30.1 Å². The Bertz CT molecular complexity index is 1890. The number of para-hydroxylation sites is 1. The molecule has 53 heavy (non-hydrogen) atoms. The number of carbonyl (C=O) groups excluding carboxylic acids is 1. The summed E-state index contributed by atoms with van der Waals surface area (Å²) in [7, 11) is 1.59. The number of nitrogens with one attached hydrogen (secondary N) is 2. The van der Waals surface area contributed by atoms with E-state index in [1.807, 2.05) is 65.7 Å². The molecule has 0 bridgehead atoms. The van der Waals surface area contributed by atoms with Crippen LogP contribution in [0.25, 0.3) is 0 Å². The fraction of sp³-hybridized carbons (Fsp3) is 0.400. The van der Waals surface area contributed by atoms with Gasteiger partial charge in [-0.1, -0.05) is 36.9 Å². The van der Waals surface area contributed by atoms with Crippen molar-refractivity contribution in [2.45, 2.75) is 50.2 Å². The number of carbonyl (C=O) groups is 1. The molecule has 276 valence electrons. The summed E-state index contributed by atoms with van der Waals surface area (Å²) < 4.78 is 11.9. The van der Waals surface area contributed by atoms with Crippen molar-refractivity contribution in [2.24, 2.45) is 0 Å². The largest absolute Gasteiger partial charge is 0.479 e. The highest BCUT2D eigenvalue weighted by molar-refractivity contribution is 6.01. The maximum Gasteiger partial charge on any atom is 0.247 e. The Morgan fingerprint density at radius 2 is 1.58 bits per heavy atom. The molecule has 2 aromatic heterocycles. The third kappa shape index (κ3) is 8.07. The Labute approximate surface area is 310 Å². The molecule has 1 amide bonds. The van der Waals surface area contributed by atoms with Crippen LogP contribution in [0.5, 0.6) is 17.4 Å². The van der Waals surface area contributed by atoms with Crippen molar-refractivity contribution in [3.8, 4) is 17.4 Å². The number of rotatable bonds is 12. The molecule has 3 saturated heterocycles. The number of hydrogen-bond acceptors (Lipinski definition) is 12. The monoisotopic (exact) mass is 717 g/mol. The number of aromatic nitrogens is 3. The van der Waals surface area contributed by atoms with Gasteiger partial charge in [0.15, 0.2) is 11.6 Å². The summed E-state index contributed by atoms with van der Waals surface area (Å²) in [5, 5.41) is 8.16. The second-order valence-electron chi connectivity index (χ2n) is 14.0. The first-order chi connectivity index (χ1) is 26.0. The van der Waals surface area contributed by atoms with Crippen molar-refractivity contribution >= 4 is 34.7 Å². The summed E-state index contributed by atoms with van der Waals surface area (Å²) in [6.07, 6.45) is 8.35. The molecule has 0 radical (unpaired) electrons. The summed E-state index contributed by atoms with van der Waals surface area (Å²) in [5.41, 5.74) is 2.17. The van der Waals surface area contributed by atoms with E-state index in [1.54, 1.807) is 7.11 Å². The minimum Gasteiger partial charge on any atom is -0.479 e. The molecule has 1 unspecified atom stereocenters. The first-order valence-electron chi connectivity index (χ1n) is 18.6. The summed E-state index contributed by atoms with van der Waals surface area (Å²) in [6, 6.07) is 22.8. The van der Waals surface area contributed by atoms with Crippen molar-refractivity contribution in [1.29, 1.82) is 0 Å². The summed E-state index contributed by atoms with van der Waals surface area (Å²) in [4.78, 5) is 40.3. The number of hydroxylamine groups is 1. The number of ether oxygens (including phenoxy) is 2. The lowest BCUT2D eigenvalue weighted by atomic mass is 10.0. The highest BCUT2D eigenvalue weighted by Gasteiger charge is 2.35. The van der Waals surface area contributed by atoms with Crippen LogP contribution >= 0.6 is 0 Å². The molecular weight excluding hydrogens is 670 g/mol. The highest BCUT2D eigenvalue weighted by atomic mass is 16.7. The van der Waals surface area contributed by atoms with Gasteiger partial charge in [0.05, 0.1) is 25.4 Å². The average Bonchev–Trinajstić information content (AvgIpc) is 3.94. The quantitative estimate of drug-likeness (QED) is 0.163. The molecule has 2 N–H and O–H groups in total. The van der Waals surface area contributed by atoms with E-state index in [-0.39, 0.29) is 11.9 Å². The molecule has 5 heterocycles. The van der Waals surface area contributed by atoms with Gasteiger partial charge in [-0.05, 0) is 67.7 Å². The minimum absolute atomic E-state index is 0.0789. The Morgan fingerprint density at radius 3 is 2.30 bits per heavy atom. The molecule has 8 rings (SSSR count). The summed E-state index contributed by atoms with van der Waals surface area (Å²) in [6.45, 7) is 10.5. The average molecular weight is 718 g/mol. The van der Waals surface area contributed by atoms with Gasteiger partial charge in [-0.2, -0.15) is 4.98 Å². The van der Waals surface area contributed by atoms with Gasteiger partial charge in [0, 0.05) is 63.8 Å². The Morgan fingerprint density at radius 1 is 0.849 bits per heavy atom. The zero-order valence-electron chi connectivity index (χ0n) is 30.2. The Hall–Kier alpha value is -5.24. The predicted octanol–water partition coefficient (Wildman–Crippen LogP) is 6.17. The molecule has 13 nitrogen and oxygen atoms in total. The van der Waals surface area contributed by atoms with Crippen molar-refractivity contribution in [2.75, 3.05) is 73.6 Å². The Balaban J connectivity index is 0.980. The van der Waals surface area contributed by atoms with Crippen LogP contribution in [0, 0.1) is 0 Å². The lowest BCUT2D eigenvalue weighted by Gasteiger charge is -2.43. The summed E-state index contributed by atoms with van der Waals surface area (Å²) in [5.74, 6) is 3.39. The topological polar surface area (TPSA) is 120 Å². The number of amides is 1. The van der Waals surface area contributed by atoms with Crippen LogP contribution in [0.1, 0.15) is 43.7 Å². The molecule has 4 aliphatic rings. The first kappa shape index (κ1) is 34.8. The summed E-state index contributed by atoms with van der Waals surface area (Å²) >= 11 is 0. The van der Waals surface area contributed by atoms with E-state index >= 15 is 0 Å². The van der Waals surface area contributed by atoms with Gasteiger partial charge in [-0.3, -0.25) is 19.4 Å².